The van der Waals surface area contributed by atoms with Crippen LogP contribution in [0.2, 0.25) is 0 Å². The minimum atomic E-state index is -0.109. The molecule has 1 aliphatic heterocycles. The summed E-state index contributed by atoms with van der Waals surface area (Å²) in [5, 5.41) is 5.21. The van der Waals surface area contributed by atoms with Crippen LogP contribution in [0.3, 0.4) is 0 Å². The van der Waals surface area contributed by atoms with Crippen LogP contribution in [0.15, 0.2) is 34.1 Å². The predicted octanol–water partition coefficient (Wildman–Crippen LogP) is 4.87. The molecule has 1 atom stereocenters. The third-order valence-electron chi connectivity index (χ3n) is 4.85. The molecule has 1 fully saturated rings. The van der Waals surface area contributed by atoms with Gasteiger partial charge in [0, 0.05) is 17.0 Å². The van der Waals surface area contributed by atoms with E-state index in [0.717, 1.165) is 24.0 Å². The maximum absolute atomic E-state index is 12.8. The molecule has 7 heteroatoms. The number of amides is 1. The van der Waals surface area contributed by atoms with Crippen LogP contribution in [0.4, 0.5) is 0 Å². The van der Waals surface area contributed by atoms with Crippen molar-refractivity contribution in [2.75, 3.05) is 33.4 Å². The zero-order valence-corrected chi connectivity index (χ0v) is 18.8. The number of likely N-dealkylation sites (tertiary alicyclic amines) is 1. The van der Waals surface area contributed by atoms with Gasteiger partial charge in [0.2, 0.25) is 0 Å². The Morgan fingerprint density at radius 2 is 2.14 bits per heavy atom. The van der Waals surface area contributed by atoms with Gasteiger partial charge in [0.15, 0.2) is 11.5 Å². The number of halogens is 1. The fraction of sp³-hybridized carbons (Fsp3) is 0.476. The van der Waals surface area contributed by atoms with Gasteiger partial charge >= 0.3 is 0 Å². The van der Waals surface area contributed by atoms with Crippen molar-refractivity contribution < 1.29 is 14.3 Å². The second kappa shape index (κ2) is 10.3. The Morgan fingerprint density at radius 1 is 1.36 bits per heavy atom. The van der Waals surface area contributed by atoms with Crippen LogP contribution >= 0.6 is 27.3 Å². The molecular formula is C21H27BrN2O3S. The Balaban J connectivity index is 1.72. The van der Waals surface area contributed by atoms with Crippen molar-refractivity contribution in [2.24, 2.45) is 0 Å². The van der Waals surface area contributed by atoms with Gasteiger partial charge in [-0.05, 0) is 71.9 Å². The number of hydrogen-bond donors (Lipinski definition) is 1. The average Bonchev–Trinajstić information content (AvgIpc) is 3.41. The Bertz CT molecular complexity index is 776. The molecule has 0 radical (unpaired) electrons. The zero-order chi connectivity index (χ0) is 19.9. The zero-order valence-electron chi connectivity index (χ0n) is 16.4. The van der Waals surface area contributed by atoms with E-state index in [1.807, 2.05) is 6.92 Å². The first-order valence-corrected chi connectivity index (χ1v) is 11.4. The van der Waals surface area contributed by atoms with E-state index in [2.05, 4.69) is 43.7 Å². The number of carbonyl (C=O) groups excluding carboxylic acids is 1. The number of nitrogens with one attached hydrogen (secondary N) is 1. The fourth-order valence-electron chi connectivity index (χ4n) is 3.43. The summed E-state index contributed by atoms with van der Waals surface area (Å²) in [6.45, 7) is 5.40. The molecule has 0 aliphatic carbocycles. The molecule has 1 unspecified atom stereocenters. The van der Waals surface area contributed by atoms with Gasteiger partial charge in [-0.15, -0.1) is 11.3 Å². The van der Waals surface area contributed by atoms with E-state index in [4.69, 9.17) is 9.47 Å². The first-order valence-electron chi connectivity index (χ1n) is 9.70. The summed E-state index contributed by atoms with van der Waals surface area (Å²) >= 11 is 5.26. The number of nitrogens with zero attached hydrogens (tertiary/aromatic N) is 1. The highest BCUT2D eigenvalue weighted by atomic mass is 79.9. The smallest absolute Gasteiger partial charge is 0.251 e. The van der Waals surface area contributed by atoms with Crippen LogP contribution in [0.5, 0.6) is 11.5 Å². The molecule has 1 N–H and O–H groups in total. The number of hydrogen-bond acceptors (Lipinski definition) is 5. The monoisotopic (exact) mass is 466 g/mol. The first-order chi connectivity index (χ1) is 13.6. The molecule has 2 aromatic rings. The van der Waals surface area contributed by atoms with Crippen LogP contribution in [0.1, 0.15) is 47.5 Å². The molecule has 152 valence electrons. The lowest BCUT2D eigenvalue weighted by Gasteiger charge is -2.27. The van der Waals surface area contributed by atoms with E-state index in [-0.39, 0.29) is 11.9 Å². The van der Waals surface area contributed by atoms with E-state index in [0.29, 0.717) is 30.2 Å². The average molecular weight is 467 g/mol. The highest BCUT2D eigenvalue weighted by Gasteiger charge is 2.25. The number of ether oxygens (including phenoxy) is 2. The van der Waals surface area contributed by atoms with Crippen LogP contribution in [0, 0.1) is 0 Å². The van der Waals surface area contributed by atoms with Crippen molar-refractivity contribution >= 4 is 33.2 Å². The molecule has 0 spiro atoms. The van der Waals surface area contributed by atoms with Crippen LogP contribution in [-0.4, -0.2) is 44.2 Å². The molecule has 1 saturated heterocycles. The summed E-state index contributed by atoms with van der Waals surface area (Å²) in [6, 6.07) is 7.98. The number of rotatable bonds is 9. The normalized spacial score (nSPS) is 15.4. The van der Waals surface area contributed by atoms with Crippen LogP contribution in [-0.2, 0) is 0 Å². The number of benzene rings is 1. The van der Waals surface area contributed by atoms with Crippen LogP contribution < -0.4 is 14.8 Å². The lowest BCUT2D eigenvalue weighted by Crippen LogP contribution is -2.36. The summed E-state index contributed by atoms with van der Waals surface area (Å²) in [5.41, 5.74) is 0.555. The SMILES string of the molecule is CCCOc1c(Br)cc(C(=O)NCC(c2cccs2)N2CCCC2)cc1OC. The van der Waals surface area contributed by atoms with Gasteiger partial charge in [-0.25, -0.2) is 0 Å². The van der Waals surface area contributed by atoms with Gasteiger partial charge in [0.05, 0.1) is 24.2 Å². The third kappa shape index (κ3) is 5.07. The fourth-order valence-corrected chi connectivity index (χ4v) is 4.85. The molecule has 2 heterocycles. The molecule has 1 aromatic carbocycles. The third-order valence-corrected chi connectivity index (χ3v) is 6.41. The summed E-state index contributed by atoms with van der Waals surface area (Å²) < 4.78 is 11.9. The highest BCUT2D eigenvalue weighted by molar-refractivity contribution is 9.10. The molecule has 1 amide bonds. The number of carbonyl (C=O) groups is 1. The van der Waals surface area contributed by atoms with Crippen molar-refractivity contribution in [2.45, 2.75) is 32.2 Å². The molecule has 3 rings (SSSR count). The predicted molar refractivity (Wildman–Crippen MR) is 117 cm³/mol. The van der Waals surface area contributed by atoms with E-state index < -0.39 is 0 Å². The summed E-state index contributed by atoms with van der Waals surface area (Å²) in [5.74, 6) is 1.08. The van der Waals surface area contributed by atoms with Crippen molar-refractivity contribution in [3.63, 3.8) is 0 Å². The second-order valence-electron chi connectivity index (χ2n) is 6.82. The molecule has 5 nitrogen and oxygen atoms in total. The Kier molecular flexibility index (Phi) is 7.76. The minimum Gasteiger partial charge on any atom is -0.493 e. The van der Waals surface area contributed by atoms with Crippen LogP contribution in [0.25, 0.3) is 0 Å². The van der Waals surface area contributed by atoms with Crippen molar-refractivity contribution in [3.8, 4) is 11.5 Å². The van der Waals surface area contributed by atoms with Crippen molar-refractivity contribution in [1.29, 1.82) is 0 Å². The molecular weight excluding hydrogens is 440 g/mol. The Hall–Kier alpha value is -1.57. The lowest BCUT2D eigenvalue weighted by molar-refractivity contribution is 0.0938. The van der Waals surface area contributed by atoms with Gasteiger partial charge in [0.1, 0.15) is 0 Å². The maximum Gasteiger partial charge on any atom is 0.251 e. The summed E-state index contributed by atoms with van der Waals surface area (Å²) in [4.78, 5) is 16.6. The maximum atomic E-state index is 12.8. The van der Waals surface area contributed by atoms with E-state index >= 15 is 0 Å². The Morgan fingerprint density at radius 3 is 2.79 bits per heavy atom. The molecule has 28 heavy (non-hydrogen) atoms. The minimum absolute atomic E-state index is 0.109. The largest absolute Gasteiger partial charge is 0.493 e. The van der Waals surface area contributed by atoms with Crippen molar-refractivity contribution in [3.05, 3.63) is 44.6 Å². The van der Waals surface area contributed by atoms with Gasteiger partial charge in [0.25, 0.3) is 5.91 Å². The van der Waals surface area contributed by atoms with Crippen molar-refractivity contribution in [1.82, 2.24) is 10.2 Å². The summed E-state index contributed by atoms with van der Waals surface area (Å²) in [6.07, 6.45) is 3.34. The first kappa shape index (κ1) is 21.1. The highest BCUT2D eigenvalue weighted by Crippen LogP contribution is 2.37. The van der Waals surface area contributed by atoms with Gasteiger partial charge in [-0.1, -0.05) is 13.0 Å². The quantitative estimate of drug-likeness (QED) is 0.572. The topological polar surface area (TPSA) is 50.8 Å². The Labute approximate surface area is 179 Å². The van der Waals surface area contributed by atoms with E-state index in [1.165, 1.54) is 17.7 Å². The summed E-state index contributed by atoms with van der Waals surface area (Å²) in [7, 11) is 1.59. The standard InChI is InChI=1S/C21H27BrN2O3S/c1-3-10-27-20-16(22)12-15(13-18(20)26-2)21(25)23-14-17(19-7-6-11-28-19)24-8-4-5-9-24/h6-7,11-13,17H,3-5,8-10,14H2,1-2H3,(H,23,25). The van der Waals surface area contributed by atoms with Gasteiger partial charge in [-0.3, -0.25) is 9.69 Å². The van der Waals surface area contributed by atoms with E-state index in [1.54, 1.807) is 30.6 Å². The van der Waals surface area contributed by atoms with Gasteiger partial charge in [-0.2, -0.15) is 0 Å². The lowest BCUT2D eigenvalue weighted by atomic mass is 10.1. The molecule has 0 bridgehead atoms. The van der Waals surface area contributed by atoms with Gasteiger partial charge < -0.3 is 14.8 Å². The molecule has 1 aromatic heterocycles. The number of thiophene rings is 1. The van der Waals surface area contributed by atoms with E-state index in [9.17, 15) is 4.79 Å². The molecule has 0 saturated carbocycles. The second-order valence-corrected chi connectivity index (χ2v) is 8.66. The number of methoxy groups -OCH3 is 1. The molecule has 1 aliphatic rings.